The zero-order chi connectivity index (χ0) is 19.9. The van der Waals surface area contributed by atoms with E-state index in [0.717, 1.165) is 42.5 Å². The minimum atomic E-state index is 0.178. The van der Waals surface area contributed by atoms with E-state index in [4.69, 9.17) is 17.0 Å². The second-order valence-corrected chi connectivity index (χ2v) is 8.21. The number of nitrogens with one attached hydrogen (secondary N) is 1. The van der Waals surface area contributed by atoms with Crippen LogP contribution >= 0.6 is 12.2 Å². The average molecular weight is 404 g/mol. The molecule has 6 heteroatoms. The molecule has 0 atom stereocenters. The number of hydrogen-bond acceptors (Lipinski definition) is 3. The fraction of sp³-hybridized carbons (Fsp3) is 0.636. The molecule has 1 amide bonds. The molecule has 1 heterocycles. The first-order valence-electron chi connectivity index (χ1n) is 10.7. The van der Waals surface area contributed by atoms with Crippen molar-refractivity contribution >= 4 is 28.9 Å². The van der Waals surface area contributed by atoms with Crippen LogP contribution in [0.1, 0.15) is 58.8 Å². The minimum Gasteiger partial charge on any atom is -0.494 e. The molecule has 1 aromatic rings. The van der Waals surface area contributed by atoms with E-state index in [-0.39, 0.29) is 5.91 Å². The number of benzene rings is 1. The van der Waals surface area contributed by atoms with E-state index in [1.54, 1.807) is 6.92 Å². The van der Waals surface area contributed by atoms with Gasteiger partial charge in [-0.05, 0) is 69.1 Å². The van der Waals surface area contributed by atoms with Gasteiger partial charge in [-0.1, -0.05) is 19.3 Å². The summed E-state index contributed by atoms with van der Waals surface area (Å²) in [7, 11) is 0. The number of thiocarbonyl (C=S) groups is 1. The molecule has 154 valence electrons. The van der Waals surface area contributed by atoms with Gasteiger partial charge < -0.3 is 19.9 Å². The predicted molar refractivity (Wildman–Crippen MR) is 118 cm³/mol. The summed E-state index contributed by atoms with van der Waals surface area (Å²) in [6.07, 6.45) is 8.27. The van der Waals surface area contributed by atoms with Crippen molar-refractivity contribution < 1.29 is 9.53 Å². The van der Waals surface area contributed by atoms with Crippen LogP contribution in [0.3, 0.4) is 0 Å². The molecular formula is C22H33N3O2S. The first kappa shape index (κ1) is 20.9. The Morgan fingerprint density at radius 1 is 1.11 bits per heavy atom. The van der Waals surface area contributed by atoms with Crippen LogP contribution in [0.25, 0.3) is 0 Å². The zero-order valence-electron chi connectivity index (χ0n) is 17.2. The summed E-state index contributed by atoms with van der Waals surface area (Å²) in [5, 5.41) is 4.28. The lowest BCUT2D eigenvalue weighted by Gasteiger charge is -2.45. The van der Waals surface area contributed by atoms with Gasteiger partial charge in [-0.3, -0.25) is 4.79 Å². The van der Waals surface area contributed by atoms with Gasteiger partial charge in [-0.15, -0.1) is 0 Å². The van der Waals surface area contributed by atoms with E-state index in [1.807, 2.05) is 36.1 Å². The molecule has 1 saturated carbocycles. The number of amides is 1. The van der Waals surface area contributed by atoms with Gasteiger partial charge in [0.1, 0.15) is 5.75 Å². The Bertz CT molecular complexity index is 650. The Morgan fingerprint density at radius 3 is 2.29 bits per heavy atom. The van der Waals surface area contributed by atoms with Gasteiger partial charge in [-0.25, -0.2) is 0 Å². The predicted octanol–water partition coefficient (Wildman–Crippen LogP) is 4.43. The molecule has 1 aliphatic heterocycles. The second-order valence-electron chi connectivity index (χ2n) is 7.82. The standard InChI is InChI=1S/C22H33N3O2S/c1-3-27-21-11-9-18(10-12-21)23-22(28)25(19-7-5-4-6-8-19)20-13-15-24(16-14-20)17(2)26/h9-12,19-20H,3-8,13-16H2,1-2H3,(H,23,28). The fourth-order valence-corrected chi connectivity index (χ4v) is 4.85. The monoisotopic (exact) mass is 403 g/mol. The van der Waals surface area contributed by atoms with Crippen LogP contribution in [0.2, 0.25) is 0 Å². The Labute approximate surface area is 174 Å². The lowest BCUT2D eigenvalue weighted by atomic mass is 9.91. The summed E-state index contributed by atoms with van der Waals surface area (Å²) in [6.45, 7) is 5.97. The molecule has 3 rings (SSSR count). The molecule has 0 unspecified atom stereocenters. The zero-order valence-corrected chi connectivity index (χ0v) is 18.0. The van der Waals surface area contributed by atoms with Gasteiger partial charge in [-0.2, -0.15) is 0 Å². The molecule has 0 bridgehead atoms. The van der Waals surface area contributed by atoms with Crippen molar-refractivity contribution in [3.05, 3.63) is 24.3 Å². The summed E-state index contributed by atoms with van der Waals surface area (Å²) >= 11 is 5.89. The van der Waals surface area contributed by atoms with Crippen molar-refractivity contribution in [2.45, 2.75) is 70.9 Å². The lowest BCUT2D eigenvalue weighted by Crippen LogP contribution is -2.54. The molecule has 0 radical (unpaired) electrons. The van der Waals surface area contributed by atoms with Crippen LogP contribution in [-0.2, 0) is 4.79 Å². The number of likely N-dealkylation sites (tertiary alicyclic amines) is 1. The molecule has 28 heavy (non-hydrogen) atoms. The third kappa shape index (κ3) is 5.37. The fourth-order valence-electron chi connectivity index (χ4n) is 4.44. The molecule has 0 spiro atoms. The van der Waals surface area contributed by atoms with E-state index in [1.165, 1.54) is 32.1 Å². The van der Waals surface area contributed by atoms with Crippen molar-refractivity contribution in [1.29, 1.82) is 0 Å². The van der Waals surface area contributed by atoms with Crippen molar-refractivity contribution in [2.75, 3.05) is 25.0 Å². The summed E-state index contributed by atoms with van der Waals surface area (Å²) in [4.78, 5) is 16.1. The van der Waals surface area contributed by atoms with E-state index < -0.39 is 0 Å². The SMILES string of the molecule is CCOc1ccc(NC(=S)N(C2CCCCC2)C2CCN(C(C)=O)CC2)cc1. The largest absolute Gasteiger partial charge is 0.494 e. The first-order valence-corrected chi connectivity index (χ1v) is 11.1. The Hall–Kier alpha value is -1.82. The highest BCUT2D eigenvalue weighted by molar-refractivity contribution is 7.80. The van der Waals surface area contributed by atoms with Crippen LogP contribution in [0, 0.1) is 0 Å². The van der Waals surface area contributed by atoms with Crippen molar-refractivity contribution in [3.8, 4) is 5.75 Å². The number of ether oxygens (including phenoxy) is 1. The number of carbonyl (C=O) groups is 1. The highest BCUT2D eigenvalue weighted by atomic mass is 32.1. The van der Waals surface area contributed by atoms with Gasteiger partial charge in [0.15, 0.2) is 5.11 Å². The third-order valence-corrected chi connectivity index (χ3v) is 6.24. The van der Waals surface area contributed by atoms with Gasteiger partial charge in [0, 0.05) is 37.8 Å². The van der Waals surface area contributed by atoms with Gasteiger partial charge in [0.05, 0.1) is 6.61 Å². The number of carbonyl (C=O) groups excluding carboxylic acids is 1. The number of anilines is 1. The molecule has 1 N–H and O–H groups in total. The minimum absolute atomic E-state index is 0.178. The van der Waals surface area contributed by atoms with Crippen molar-refractivity contribution in [2.24, 2.45) is 0 Å². The molecule has 2 aliphatic rings. The molecule has 5 nitrogen and oxygen atoms in total. The summed E-state index contributed by atoms with van der Waals surface area (Å²) in [5.41, 5.74) is 0.996. The molecular weight excluding hydrogens is 370 g/mol. The quantitative estimate of drug-likeness (QED) is 0.737. The van der Waals surface area contributed by atoms with Crippen molar-refractivity contribution in [1.82, 2.24) is 9.80 Å². The summed E-state index contributed by atoms with van der Waals surface area (Å²) in [6, 6.07) is 8.91. The van der Waals surface area contributed by atoms with Gasteiger partial charge >= 0.3 is 0 Å². The van der Waals surface area contributed by atoms with Crippen LogP contribution < -0.4 is 10.1 Å². The van der Waals surface area contributed by atoms with Crippen LogP contribution in [-0.4, -0.2) is 52.6 Å². The third-order valence-electron chi connectivity index (χ3n) is 5.92. The maximum absolute atomic E-state index is 11.7. The molecule has 2 fully saturated rings. The summed E-state index contributed by atoms with van der Waals surface area (Å²) < 4.78 is 5.53. The molecule has 0 aromatic heterocycles. The highest BCUT2D eigenvalue weighted by Crippen LogP contribution is 2.29. The Kier molecular flexibility index (Phi) is 7.54. The van der Waals surface area contributed by atoms with Crippen LogP contribution in [0.4, 0.5) is 5.69 Å². The Morgan fingerprint density at radius 2 is 1.71 bits per heavy atom. The second kappa shape index (κ2) is 10.1. The van der Waals surface area contributed by atoms with Crippen molar-refractivity contribution in [3.63, 3.8) is 0 Å². The maximum Gasteiger partial charge on any atom is 0.219 e. The number of nitrogens with zero attached hydrogens (tertiary/aromatic N) is 2. The number of piperidine rings is 1. The molecule has 1 aromatic carbocycles. The van der Waals surface area contributed by atoms with E-state index in [9.17, 15) is 4.79 Å². The van der Waals surface area contributed by atoms with Gasteiger partial charge in [0.25, 0.3) is 0 Å². The Balaban J connectivity index is 1.69. The first-order chi connectivity index (χ1) is 13.6. The lowest BCUT2D eigenvalue weighted by molar-refractivity contribution is -0.130. The average Bonchev–Trinajstić information content (AvgIpc) is 2.71. The number of hydrogen-bond donors (Lipinski definition) is 1. The van der Waals surface area contributed by atoms with Gasteiger partial charge in [0.2, 0.25) is 5.91 Å². The van der Waals surface area contributed by atoms with Crippen LogP contribution in [0.5, 0.6) is 5.75 Å². The smallest absolute Gasteiger partial charge is 0.219 e. The van der Waals surface area contributed by atoms with Crippen LogP contribution in [0.15, 0.2) is 24.3 Å². The summed E-state index contributed by atoms with van der Waals surface area (Å²) in [5.74, 6) is 1.05. The highest BCUT2D eigenvalue weighted by Gasteiger charge is 2.32. The number of rotatable bonds is 5. The van der Waals surface area contributed by atoms with E-state index in [0.29, 0.717) is 18.7 Å². The molecule has 1 saturated heterocycles. The van der Waals surface area contributed by atoms with E-state index >= 15 is 0 Å². The van der Waals surface area contributed by atoms with E-state index in [2.05, 4.69) is 10.2 Å². The normalized spacial score (nSPS) is 18.6. The topological polar surface area (TPSA) is 44.8 Å². The molecule has 1 aliphatic carbocycles. The maximum atomic E-state index is 11.7.